The molecule has 8 heteroatoms. The van der Waals surface area contributed by atoms with Gasteiger partial charge in [-0.25, -0.2) is 0 Å². The smallest absolute Gasteiger partial charge is 0.282 e. The first-order valence-corrected chi connectivity index (χ1v) is 8.41. The molecule has 1 aliphatic heterocycles. The molecule has 26 heavy (non-hydrogen) atoms. The molecular weight excluding hydrogens is 358 g/mol. The van der Waals surface area contributed by atoms with Crippen molar-refractivity contribution >= 4 is 40.5 Å². The van der Waals surface area contributed by atoms with E-state index in [0.717, 1.165) is 17.7 Å². The lowest BCUT2D eigenvalue weighted by Gasteiger charge is -2.19. The largest absolute Gasteiger partial charge is 0.322 e. The molecule has 2 aromatic rings. The number of hydrogen-bond acceptors (Lipinski definition) is 4. The van der Waals surface area contributed by atoms with Crippen LogP contribution >= 0.6 is 11.6 Å². The van der Waals surface area contributed by atoms with E-state index in [0.29, 0.717) is 18.7 Å². The zero-order valence-corrected chi connectivity index (χ0v) is 14.7. The van der Waals surface area contributed by atoms with Gasteiger partial charge in [-0.15, -0.1) is 0 Å². The van der Waals surface area contributed by atoms with E-state index in [1.54, 1.807) is 23.1 Å². The molecule has 134 valence electrons. The Morgan fingerprint density at radius 2 is 2.04 bits per heavy atom. The van der Waals surface area contributed by atoms with Crippen LogP contribution < -0.4 is 10.2 Å². The molecule has 1 fully saturated rings. The van der Waals surface area contributed by atoms with Crippen LogP contribution in [0.2, 0.25) is 5.02 Å². The Morgan fingerprint density at radius 3 is 2.65 bits per heavy atom. The first kappa shape index (κ1) is 17.9. The first-order chi connectivity index (χ1) is 12.4. The maximum atomic E-state index is 12.5. The summed E-state index contributed by atoms with van der Waals surface area (Å²) in [6, 6.07) is 8.99. The van der Waals surface area contributed by atoms with Crippen molar-refractivity contribution < 1.29 is 14.5 Å². The van der Waals surface area contributed by atoms with Gasteiger partial charge >= 0.3 is 0 Å². The van der Waals surface area contributed by atoms with Crippen molar-refractivity contribution in [3.8, 4) is 0 Å². The zero-order chi connectivity index (χ0) is 18.8. The molecular formula is C18H16ClN3O4. The minimum atomic E-state index is -0.626. The Kier molecular flexibility index (Phi) is 4.90. The van der Waals surface area contributed by atoms with E-state index in [-0.39, 0.29) is 22.2 Å². The topological polar surface area (TPSA) is 92.5 Å². The van der Waals surface area contributed by atoms with Crippen LogP contribution in [0, 0.1) is 17.0 Å². The molecule has 1 aliphatic rings. The number of halogens is 1. The van der Waals surface area contributed by atoms with Crippen molar-refractivity contribution in [2.45, 2.75) is 19.8 Å². The highest BCUT2D eigenvalue weighted by molar-refractivity contribution is 6.31. The van der Waals surface area contributed by atoms with Gasteiger partial charge in [-0.1, -0.05) is 11.6 Å². The molecule has 0 aliphatic carbocycles. The molecule has 0 unspecified atom stereocenters. The van der Waals surface area contributed by atoms with Gasteiger partial charge in [0, 0.05) is 35.4 Å². The molecule has 0 bridgehead atoms. The van der Waals surface area contributed by atoms with Crippen molar-refractivity contribution in [3.63, 3.8) is 0 Å². The van der Waals surface area contributed by atoms with Crippen LogP contribution in [-0.4, -0.2) is 23.3 Å². The predicted octanol–water partition coefficient (Wildman–Crippen LogP) is 3.94. The summed E-state index contributed by atoms with van der Waals surface area (Å²) in [5, 5.41) is 14.0. The summed E-state index contributed by atoms with van der Waals surface area (Å²) in [5.41, 5.74) is 1.69. The van der Waals surface area contributed by atoms with Gasteiger partial charge in [0.15, 0.2) is 0 Å². The van der Waals surface area contributed by atoms with Crippen molar-refractivity contribution in [3.05, 3.63) is 62.7 Å². The summed E-state index contributed by atoms with van der Waals surface area (Å²) in [6.45, 7) is 2.53. The number of nitro groups is 1. The molecule has 0 atom stereocenters. The van der Waals surface area contributed by atoms with E-state index in [1.807, 2.05) is 6.92 Å². The lowest BCUT2D eigenvalue weighted by Crippen LogP contribution is -2.24. The third-order valence-electron chi connectivity index (χ3n) is 4.22. The Bertz CT molecular complexity index is 913. The second-order valence-electron chi connectivity index (χ2n) is 6.02. The van der Waals surface area contributed by atoms with Gasteiger partial charge in [0.2, 0.25) is 5.91 Å². The Balaban J connectivity index is 1.84. The number of nitrogens with one attached hydrogen (secondary N) is 1. The molecule has 1 heterocycles. The fraction of sp³-hybridized carbons (Fsp3) is 0.222. The van der Waals surface area contributed by atoms with E-state index in [9.17, 15) is 19.7 Å². The standard InChI is InChI=1S/C18H16ClN3O4/c1-11-9-13(5-7-15(11)21-8-2-3-17(21)23)20-18(24)14-10-12(19)4-6-16(14)22(25)26/h4-7,9-10H,2-3,8H2,1H3,(H,20,24). The quantitative estimate of drug-likeness (QED) is 0.649. The number of nitrogens with zero attached hydrogens (tertiary/aromatic N) is 2. The van der Waals surface area contributed by atoms with Gasteiger partial charge in [0.05, 0.1) is 4.92 Å². The summed E-state index contributed by atoms with van der Waals surface area (Å²) in [7, 11) is 0. The van der Waals surface area contributed by atoms with E-state index < -0.39 is 10.8 Å². The Morgan fingerprint density at radius 1 is 1.27 bits per heavy atom. The minimum Gasteiger partial charge on any atom is -0.322 e. The third kappa shape index (κ3) is 3.52. The second-order valence-corrected chi connectivity index (χ2v) is 6.46. The number of carbonyl (C=O) groups excluding carboxylic acids is 2. The second kappa shape index (κ2) is 7.13. The molecule has 3 rings (SSSR count). The van der Waals surface area contributed by atoms with E-state index in [2.05, 4.69) is 5.32 Å². The fourth-order valence-corrected chi connectivity index (χ4v) is 3.16. The number of nitro benzene ring substituents is 1. The number of anilines is 2. The van der Waals surface area contributed by atoms with E-state index in [1.165, 1.54) is 18.2 Å². The summed E-state index contributed by atoms with van der Waals surface area (Å²) in [6.07, 6.45) is 1.37. The highest BCUT2D eigenvalue weighted by Crippen LogP contribution is 2.28. The molecule has 1 saturated heterocycles. The lowest BCUT2D eigenvalue weighted by molar-refractivity contribution is -0.385. The number of aryl methyl sites for hydroxylation is 1. The maximum absolute atomic E-state index is 12.5. The van der Waals surface area contributed by atoms with Gasteiger partial charge in [-0.2, -0.15) is 0 Å². The Hall–Kier alpha value is -2.93. The van der Waals surface area contributed by atoms with E-state index >= 15 is 0 Å². The molecule has 0 spiro atoms. The van der Waals surface area contributed by atoms with Gasteiger partial charge in [0.1, 0.15) is 5.56 Å². The van der Waals surface area contributed by atoms with Crippen molar-refractivity contribution in [1.82, 2.24) is 0 Å². The number of amides is 2. The van der Waals surface area contributed by atoms with Crippen LogP contribution in [0.4, 0.5) is 17.1 Å². The lowest BCUT2D eigenvalue weighted by atomic mass is 10.1. The highest BCUT2D eigenvalue weighted by atomic mass is 35.5. The average Bonchev–Trinajstić information content (AvgIpc) is 3.00. The van der Waals surface area contributed by atoms with Crippen molar-refractivity contribution in [2.75, 3.05) is 16.8 Å². The summed E-state index contributed by atoms with van der Waals surface area (Å²) >= 11 is 5.86. The van der Waals surface area contributed by atoms with Gasteiger partial charge < -0.3 is 10.2 Å². The molecule has 1 N–H and O–H groups in total. The summed E-state index contributed by atoms with van der Waals surface area (Å²) in [4.78, 5) is 36.6. The van der Waals surface area contributed by atoms with Crippen LogP contribution in [0.25, 0.3) is 0 Å². The molecule has 0 saturated carbocycles. The molecule has 2 amide bonds. The average molecular weight is 374 g/mol. The number of rotatable bonds is 4. The van der Waals surface area contributed by atoms with Crippen LogP contribution in [0.15, 0.2) is 36.4 Å². The van der Waals surface area contributed by atoms with Gasteiger partial charge in [-0.3, -0.25) is 19.7 Å². The predicted molar refractivity (Wildman–Crippen MR) is 98.8 cm³/mol. The molecule has 2 aromatic carbocycles. The number of carbonyl (C=O) groups is 2. The summed E-state index contributed by atoms with van der Waals surface area (Å²) in [5.74, 6) is -0.539. The van der Waals surface area contributed by atoms with Crippen molar-refractivity contribution in [2.24, 2.45) is 0 Å². The minimum absolute atomic E-state index is 0.0828. The van der Waals surface area contributed by atoms with Crippen LogP contribution in [0.5, 0.6) is 0 Å². The highest BCUT2D eigenvalue weighted by Gasteiger charge is 2.24. The van der Waals surface area contributed by atoms with E-state index in [4.69, 9.17) is 11.6 Å². The van der Waals surface area contributed by atoms with Gasteiger partial charge in [-0.05, 0) is 49.2 Å². The number of benzene rings is 2. The van der Waals surface area contributed by atoms with Crippen molar-refractivity contribution in [1.29, 1.82) is 0 Å². The van der Waals surface area contributed by atoms with Crippen LogP contribution in [0.3, 0.4) is 0 Å². The monoisotopic (exact) mass is 373 g/mol. The van der Waals surface area contributed by atoms with Crippen LogP contribution in [-0.2, 0) is 4.79 Å². The maximum Gasteiger partial charge on any atom is 0.282 e. The summed E-state index contributed by atoms with van der Waals surface area (Å²) < 4.78 is 0. The molecule has 0 radical (unpaired) electrons. The number of hydrogen-bond donors (Lipinski definition) is 1. The SMILES string of the molecule is Cc1cc(NC(=O)c2cc(Cl)ccc2[N+](=O)[O-])ccc1N1CCCC1=O. The normalized spacial score (nSPS) is 13.8. The fourth-order valence-electron chi connectivity index (χ4n) is 2.99. The zero-order valence-electron chi connectivity index (χ0n) is 14.0. The molecule has 7 nitrogen and oxygen atoms in total. The first-order valence-electron chi connectivity index (χ1n) is 8.03. The third-order valence-corrected chi connectivity index (χ3v) is 4.45. The van der Waals surface area contributed by atoms with Gasteiger partial charge in [0.25, 0.3) is 11.6 Å². The molecule has 0 aromatic heterocycles. The Labute approximate surface area is 154 Å². The van der Waals surface area contributed by atoms with Crippen LogP contribution in [0.1, 0.15) is 28.8 Å².